The summed E-state index contributed by atoms with van der Waals surface area (Å²) in [6.45, 7) is 0.595. The van der Waals surface area contributed by atoms with E-state index in [1.165, 1.54) is 11.0 Å². The Hall–Kier alpha value is -1.49. The van der Waals surface area contributed by atoms with Crippen LogP contribution >= 0.6 is 12.2 Å². The Morgan fingerprint density at radius 2 is 2.25 bits per heavy atom. The first kappa shape index (κ1) is 11.0. The van der Waals surface area contributed by atoms with Crippen LogP contribution in [0.4, 0.5) is 10.1 Å². The molecule has 0 atom stereocenters. The fourth-order valence-corrected chi connectivity index (χ4v) is 2.09. The molecule has 0 unspecified atom stereocenters. The number of rotatable bonds is 2. The summed E-state index contributed by atoms with van der Waals surface area (Å²) in [6.07, 6.45) is 1.28. The smallest absolute Gasteiger partial charge is 0.227 e. The molecule has 2 rings (SSSR count). The van der Waals surface area contributed by atoms with Crippen molar-refractivity contribution in [3.63, 3.8) is 0 Å². The zero-order chi connectivity index (χ0) is 11.7. The van der Waals surface area contributed by atoms with E-state index in [4.69, 9.17) is 18.0 Å². The zero-order valence-corrected chi connectivity index (χ0v) is 9.39. The van der Waals surface area contributed by atoms with Gasteiger partial charge < -0.3 is 10.6 Å². The van der Waals surface area contributed by atoms with Crippen LogP contribution in [-0.4, -0.2) is 17.4 Å². The van der Waals surface area contributed by atoms with Crippen LogP contribution in [0.15, 0.2) is 18.2 Å². The van der Waals surface area contributed by atoms with Crippen LogP contribution in [0.3, 0.4) is 0 Å². The van der Waals surface area contributed by atoms with Crippen LogP contribution in [-0.2, 0) is 4.79 Å². The van der Waals surface area contributed by atoms with E-state index in [0.29, 0.717) is 18.7 Å². The number of nitrogens with two attached hydrogens (primary N) is 1. The molecule has 1 aliphatic heterocycles. The highest BCUT2D eigenvalue weighted by Gasteiger charge is 2.25. The monoisotopic (exact) mass is 238 g/mol. The fraction of sp³-hybridized carbons (Fsp3) is 0.273. The van der Waals surface area contributed by atoms with E-state index in [9.17, 15) is 9.18 Å². The second-order valence-electron chi connectivity index (χ2n) is 3.65. The fourth-order valence-electron chi connectivity index (χ4n) is 1.88. The van der Waals surface area contributed by atoms with Gasteiger partial charge in [-0.1, -0.05) is 18.3 Å². The molecule has 16 heavy (non-hydrogen) atoms. The van der Waals surface area contributed by atoms with E-state index in [1.807, 2.05) is 0 Å². The lowest BCUT2D eigenvalue weighted by atomic mass is 10.1. The molecule has 1 aromatic rings. The van der Waals surface area contributed by atoms with Crippen molar-refractivity contribution in [3.8, 4) is 0 Å². The molecule has 5 heteroatoms. The molecule has 0 radical (unpaired) electrons. The maximum Gasteiger partial charge on any atom is 0.227 e. The molecular weight excluding hydrogens is 227 g/mol. The largest absolute Gasteiger partial charge is 0.389 e. The molecule has 1 heterocycles. The van der Waals surface area contributed by atoms with E-state index in [1.54, 1.807) is 12.1 Å². The third kappa shape index (κ3) is 1.78. The standard InChI is InChI=1S/C11H11FN2OS/c12-7-3-1-4-8(10(7)11(13)16)14-6-2-5-9(14)15/h1,3-4H,2,5-6H2,(H2,13,16). The first-order chi connectivity index (χ1) is 7.61. The highest BCUT2D eigenvalue weighted by Crippen LogP contribution is 2.27. The Bertz CT molecular complexity index is 461. The van der Waals surface area contributed by atoms with Crippen molar-refractivity contribution in [1.29, 1.82) is 0 Å². The van der Waals surface area contributed by atoms with Crippen LogP contribution in [0.25, 0.3) is 0 Å². The molecule has 1 fully saturated rings. The van der Waals surface area contributed by atoms with Gasteiger partial charge in [0.15, 0.2) is 0 Å². The predicted octanol–water partition coefficient (Wildman–Crippen LogP) is 1.59. The van der Waals surface area contributed by atoms with Crippen molar-refractivity contribution in [2.75, 3.05) is 11.4 Å². The van der Waals surface area contributed by atoms with Gasteiger partial charge in [-0.2, -0.15) is 0 Å². The number of hydrogen-bond donors (Lipinski definition) is 1. The summed E-state index contributed by atoms with van der Waals surface area (Å²) in [7, 11) is 0. The Labute approximate surface area is 98.0 Å². The van der Waals surface area contributed by atoms with Gasteiger partial charge in [0.1, 0.15) is 10.8 Å². The molecule has 1 aliphatic rings. The van der Waals surface area contributed by atoms with Crippen LogP contribution in [0.2, 0.25) is 0 Å². The van der Waals surface area contributed by atoms with Crippen molar-refractivity contribution in [1.82, 2.24) is 0 Å². The first-order valence-corrected chi connectivity index (χ1v) is 5.41. The average molecular weight is 238 g/mol. The Balaban J connectivity index is 2.51. The number of carbonyl (C=O) groups excluding carboxylic acids is 1. The number of thiocarbonyl (C=S) groups is 1. The van der Waals surface area contributed by atoms with Crippen LogP contribution in [0.5, 0.6) is 0 Å². The summed E-state index contributed by atoms with van der Waals surface area (Å²) in [6, 6.07) is 4.51. The quantitative estimate of drug-likeness (QED) is 0.796. The third-order valence-corrected chi connectivity index (χ3v) is 2.81. The van der Waals surface area contributed by atoms with Gasteiger partial charge in [-0.15, -0.1) is 0 Å². The van der Waals surface area contributed by atoms with Gasteiger partial charge in [-0.3, -0.25) is 4.79 Å². The lowest BCUT2D eigenvalue weighted by molar-refractivity contribution is -0.117. The molecule has 0 bridgehead atoms. The summed E-state index contributed by atoms with van der Waals surface area (Å²) in [4.78, 5) is 13.1. The minimum absolute atomic E-state index is 0.0110. The third-order valence-electron chi connectivity index (χ3n) is 2.60. The number of amides is 1. The molecule has 0 aliphatic carbocycles. The SMILES string of the molecule is NC(=S)c1c(F)cccc1N1CCCC1=O. The van der Waals surface area contributed by atoms with Gasteiger partial charge in [0, 0.05) is 13.0 Å². The summed E-state index contributed by atoms with van der Waals surface area (Å²) < 4.78 is 13.6. The highest BCUT2D eigenvalue weighted by molar-refractivity contribution is 7.80. The molecule has 0 aromatic heterocycles. The van der Waals surface area contributed by atoms with E-state index >= 15 is 0 Å². The maximum absolute atomic E-state index is 13.6. The molecule has 1 saturated heterocycles. The predicted molar refractivity (Wildman–Crippen MR) is 63.9 cm³/mol. The second kappa shape index (κ2) is 4.17. The van der Waals surface area contributed by atoms with Crippen LogP contribution < -0.4 is 10.6 Å². The normalized spacial score (nSPS) is 15.6. The summed E-state index contributed by atoms with van der Waals surface area (Å²) in [5.41, 5.74) is 6.12. The Morgan fingerprint density at radius 3 is 2.81 bits per heavy atom. The molecule has 1 aromatic carbocycles. The van der Waals surface area contributed by atoms with Gasteiger partial charge in [-0.05, 0) is 18.6 Å². The van der Waals surface area contributed by atoms with Crippen molar-refractivity contribution in [2.45, 2.75) is 12.8 Å². The lowest BCUT2D eigenvalue weighted by Gasteiger charge is -2.19. The number of hydrogen-bond acceptors (Lipinski definition) is 2. The van der Waals surface area contributed by atoms with E-state index < -0.39 is 5.82 Å². The maximum atomic E-state index is 13.6. The van der Waals surface area contributed by atoms with E-state index in [2.05, 4.69) is 0 Å². The molecule has 84 valence electrons. The molecule has 0 saturated carbocycles. The number of nitrogens with zero attached hydrogens (tertiary/aromatic N) is 1. The van der Waals surface area contributed by atoms with Gasteiger partial charge in [0.25, 0.3) is 0 Å². The van der Waals surface area contributed by atoms with Crippen molar-refractivity contribution in [3.05, 3.63) is 29.6 Å². The average Bonchev–Trinajstić information content (AvgIpc) is 2.63. The molecule has 3 nitrogen and oxygen atoms in total. The molecule has 0 spiro atoms. The molecule has 1 amide bonds. The number of halogens is 1. The van der Waals surface area contributed by atoms with E-state index in [0.717, 1.165) is 6.42 Å². The van der Waals surface area contributed by atoms with Crippen molar-refractivity contribution >= 4 is 28.8 Å². The molecule has 2 N–H and O–H groups in total. The van der Waals surface area contributed by atoms with Gasteiger partial charge in [-0.25, -0.2) is 4.39 Å². The van der Waals surface area contributed by atoms with Crippen molar-refractivity contribution in [2.24, 2.45) is 5.73 Å². The number of anilines is 1. The zero-order valence-electron chi connectivity index (χ0n) is 8.57. The first-order valence-electron chi connectivity index (χ1n) is 5.00. The number of carbonyl (C=O) groups is 1. The topological polar surface area (TPSA) is 46.3 Å². The van der Waals surface area contributed by atoms with Crippen LogP contribution in [0.1, 0.15) is 18.4 Å². The highest BCUT2D eigenvalue weighted by atomic mass is 32.1. The Morgan fingerprint density at radius 1 is 1.50 bits per heavy atom. The summed E-state index contributed by atoms with van der Waals surface area (Å²) in [5.74, 6) is -0.493. The minimum Gasteiger partial charge on any atom is -0.389 e. The van der Waals surface area contributed by atoms with Crippen LogP contribution in [0, 0.1) is 5.82 Å². The van der Waals surface area contributed by atoms with Gasteiger partial charge >= 0.3 is 0 Å². The lowest BCUT2D eigenvalue weighted by Crippen LogP contribution is -2.27. The van der Waals surface area contributed by atoms with Crippen molar-refractivity contribution < 1.29 is 9.18 Å². The van der Waals surface area contributed by atoms with E-state index in [-0.39, 0.29) is 16.5 Å². The molecular formula is C11H11FN2OS. The summed E-state index contributed by atoms with van der Waals surface area (Å²) in [5, 5.41) is 0. The summed E-state index contributed by atoms with van der Waals surface area (Å²) >= 11 is 4.81. The minimum atomic E-state index is -0.482. The van der Waals surface area contributed by atoms with Gasteiger partial charge in [0.05, 0.1) is 11.3 Å². The Kier molecular flexibility index (Phi) is 2.87. The number of benzene rings is 1. The van der Waals surface area contributed by atoms with Gasteiger partial charge in [0.2, 0.25) is 5.91 Å². The second-order valence-corrected chi connectivity index (χ2v) is 4.09.